The molecule has 2 heterocycles. The molecule has 0 radical (unpaired) electrons. The molecule has 1 aromatic carbocycles. The molecule has 0 saturated carbocycles. The van der Waals surface area contributed by atoms with Gasteiger partial charge in [-0.2, -0.15) is 4.39 Å². The first-order valence-corrected chi connectivity index (χ1v) is 10.8. The van der Waals surface area contributed by atoms with Gasteiger partial charge < -0.3 is 4.57 Å². The number of fused-ring (bicyclic) bond motifs is 1. The molecule has 0 saturated heterocycles. The van der Waals surface area contributed by atoms with Gasteiger partial charge >= 0.3 is 0 Å². The Balaban J connectivity index is 2.22. The number of nitrogens with one attached hydrogen (secondary N) is 1. The third-order valence-corrected chi connectivity index (χ3v) is 6.71. The first-order chi connectivity index (χ1) is 14.2. The van der Waals surface area contributed by atoms with E-state index < -0.39 is 21.8 Å². The number of benzene rings is 1. The van der Waals surface area contributed by atoms with Crippen LogP contribution in [0.25, 0.3) is 22.2 Å². The fourth-order valence-electron chi connectivity index (χ4n) is 3.25. The van der Waals surface area contributed by atoms with Crippen molar-refractivity contribution in [2.24, 2.45) is 0 Å². The molecule has 0 unspecified atom stereocenters. The van der Waals surface area contributed by atoms with Crippen molar-refractivity contribution in [3.05, 3.63) is 59.9 Å². The smallest absolute Gasteiger partial charge is 0.242 e. The van der Waals surface area contributed by atoms with E-state index in [1.807, 2.05) is 0 Å². The summed E-state index contributed by atoms with van der Waals surface area (Å²) in [5.41, 5.74) is 2.58. The van der Waals surface area contributed by atoms with Crippen molar-refractivity contribution >= 4 is 32.8 Å². The molecular formula is C20H21ClF2N4O2S. The second kappa shape index (κ2) is 8.81. The summed E-state index contributed by atoms with van der Waals surface area (Å²) in [6.07, 6.45) is 1.30. The molecule has 0 atom stereocenters. The Morgan fingerprint density at radius 1 is 1.30 bits per heavy atom. The lowest BCUT2D eigenvalue weighted by molar-refractivity contribution is 0.521. The third-order valence-electron chi connectivity index (χ3n) is 4.75. The molecular weight excluding hydrogens is 434 g/mol. The van der Waals surface area contributed by atoms with Crippen molar-refractivity contribution in [3.63, 3.8) is 0 Å². The van der Waals surface area contributed by atoms with E-state index in [-0.39, 0.29) is 18.0 Å². The zero-order chi connectivity index (χ0) is 22.1. The fourth-order valence-corrected chi connectivity index (χ4v) is 4.28. The van der Waals surface area contributed by atoms with Gasteiger partial charge in [0.05, 0.1) is 22.5 Å². The van der Waals surface area contributed by atoms with E-state index >= 15 is 0 Å². The molecule has 0 bridgehead atoms. The topological polar surface area (TPSA) is 67.2 Å². The van der Waals surface area contributed by atoms with Crippen molar-refractivity contribution in [1.29, 1.82) is 0 Å². The van der Waals surface area contributed by atoms with Gasteiger partial charge in [-0.25, -0.2) is 26.9 Å². The van der Waals surface area contributed by atoms with Crippen LogP contribution in [-0.4, -0.2) is 42.9 Å². The minimum Gasteiger partial charge on any atom is -0.336 e. The molecule has 10 heteroatoms. The summed E-state index contributed by atoms with van der Waals surface area (Å²) in [5.74, 6) is -1.11. The van der Waals surface area contributed by atoms with Crippen molar-refractivity contribution in [3.8, 4) is 11.1 Å². The van der Waals surface area contributed by atoms with Crippen LogP contribution in [0.15, 0.2) is 53.2 Å². The number of sulfonamides is 1. The standard InChI is InChI=1S/C20H21ClF2N4O2S/c1-13-19(14-5-4-6-16(11-14)30(28,29)26(2)3)20-17(7-8-18(23)25-20)27(13)12-15(22)9-10-24-21/h4-9,11,24H,10,12H2,1-3H3/b15-9-. The highest BCUT2D eigenvalue weighted by Gasteiger charge is 2.22. The van der Waals surface area contributed by atoms with Crippen LogP contribution < -0.4 is 4.84 Å². The van der Waals surface area contributed by atoms with Gasteiger partial charge in [0.1, 0.15) is 5.83 Å². The Bertz CT molecular complexity index is 1220. The largest absolute Gasteiger partial charge is 0.336 e. The van der Waals surface area contributed by atoms with Gasteiger partial charge in [-0.05, 0) is 54.6 Å². The molecule has 0 aliphatic rings. The number of pyridine rings is 1. The number of allylic oxidation sites excluding steroid dienone is 1. The first-order valence-electron chi connectivity index (χ1n) is 9.03. The summed E-state index contributed by atoms with van der Waals surface area (Å²) in [4.78, 5) is 6.43. The molecule has 1 N–H and O–H groups in total. The summed E-state index contributed by atoms with van der Waals surface area (Å²) < 4.78 is 56.2. The van der Waals surface area contributed by atoms with Gasteiger partial charge in [-0.3, -0.25) is 0 Å². The SMILES string of the molecule is Cc1c(-c2cccc(S(=O)(=O)N(C)C)c2)c2nc(F)ccc2n1C/C(F)=C/CNCl. The summed E-state index contributed by atoms with van der Waals surface area (Å²) >= 11 is 5.38. The van der Waals surface area contributed by atoms with E-state index in [1.165, 1.54) is 44.4 Å². The molecule has 0 aliphatic heterocycles. The van der Waals surface area contributed by atoms with Gasteiger partial charge in [-0.1, -0.05) is 12.1 Å². The second-order valence-corrected chi connectivity index (χ2v) is 9.27. The van der Waals surface area contributed by atoms with Gasteiger partial charge in [0, 0.05) is 31.9 Å². The lowest BCUT2D eigenvalue weighted by atomic mass is 10.1. The average molecular weight is 455 g/mol. The minimum absolute atomic E-state index is 0.0934. The monoisotopic (exact) mass is 454 g/mol. The Labute approximate surface area is 178 Å². The molecule has 6 nitrogen and oxygen atoms in total. The average Bonchev–Trinajstić information content (AvgIpc) is 2.97. The van der Waals surface area contributed by atoms with Crippen LogP contribution in [0.4, 0.5) is 8.78 Å². The molecule has 2 aromatic heterocycles. The Morgan fingerprint density at radius 2 is 2.03 bits per heavy atom. The Hall–Kier alpha value is -2.33. The van der Waals surface area contributed by atoms with Crippen LogP contribution in [0.5, 0.6) is 0 Å². The normalized spacial score (nSPS) is 12.8. The summed E-state index contributed by atoms with van der Waals surface area (Å²) in [6, 6.07) is 9.07. The Kier molecular flexibility index (Phi) is 6.56. The van der Waals surface area contributed by atoms with E-state index in [0.29, 0.717) is 27.9 Å². The number of aromatic nitrogens is 2. The van der Waals surface area contributed by atoms with E-state index in [4.69, 9.17) is 11.8 Å². The van der Waals surface area contributed by atoms with E-state index in [0.717, 1.165) is 4.31 Å². The number of nitrogens with zero attached hydrogens (tertiary/aromatic N) is 3. The molecule has 3 aromatic rings. The van der Waals surface area contributed by atoms with Crippen LogP contribution in [0, 0.1) is 12.9 Å². The van der Waals surface area contributed by atoms with Gasteiger partial charge in [0.25, 0.3) is 0 Å². The van der Waals surface area contributed by atoms with Crippen LogP contribution >= 0.6 is 11.8 Å². The van der Waals surface area contributed by atoms with Crippen LogP contribution in [0.3, 0.4) is 0 Å². The predicted molar refractivity (Wildman–Crippen MR) is 114 cm³/mol. The first kappa shape index (κ1) is 22.4. The van der Waals surface area contributed by atoms with Crippen molar-refractivity contribution in [2.45, 2.75) is 18.4 Å². The summed E-state index contributed by atoms with van der Waals surface area (Å²) in [5, 5.41) is 0. The maximum Gasteiger partial charge on any atom is 0.242 e. The highest BCUT2D eigenvalue weighted by molar-refractivity contribution is 7.89. The van der Waals surface area contributed by atoms with Gasteiger partial charge in [0.2, 0.25) is 16.0 Å². The van der Waals surface area contributed by atoms with E-state index in [9.17, 15) is 17.2 Å². The fraction of sp³-hybridized carbons (Fsp3) is 0.250. The third kappa shape index (κ3) is 4.24. The number of hydrogen-bond donors (Lipinski definition) is 1. The second-order valence-electron chi connectivity index (χ2n) is 6.85. The van der Waals surface area contributed by atoms with E-state index in [2.05, 4.69) is 9.82 Å². The van der Waals surface area contributed by atoms with Crippen molar-refractivity contribution in [1.82, 2.24) is 18.7 Å². The molecule has 160 valence electrons. The molecule has 0 spiro atoms. The highest BCUT2D eigenvalue weighted by Crippen LogP contribution is 2.35. The van der Waals surface area contributed by atoms with Crippen molar-refractivity contribution in [2.75, 3.05) is 20.6 Å². The summed E-state index contributed by atoms with van der Waals surface area (Å²) in [6.45, 7) is 1.81. The van der Waals surface area contributed by atoms with Crippen LogP contribution in [0.1, 0.15) is 5.69 Å². The number of hydrogen-bond acceptors (Lipinski definition) is 4. The van der Waals surface area contributed by atoms with Crippen LogP contribution in [0.2, 0.25) is 0 Å². The van der Waals surface area contributed by atoms with Crippen LogP contribution in [-0.2, 0) is 16.6 Å². The predicted octanol–water partition coefficient (Wildman–Crippen LogP) is 4.00. The lowest BCUT2D eigenvalue weighted by Crippen LogP contribution is -2.22. The zero-order valence-electron chi connectivity index (χ0n) is 16.7. The Morgan fingerprint density at radius 3 is 2.70 bits per heavy atom. The molecule has 0 aliphatic carbocycles. The summed E-state index contributed by atoms with van der Waals surface area (Å²) in [7, 11) is -0.770. The minimum atomic E-state index is -3.66. The molecule has 0 amide bonds. The van der Waals surface area contributed by atoms with Gasteiger partial charge in [0.15, 0.2) is 0 Å². The van der Waals surface area contributed by atoms with E-state index in [1.54, 1.807) is 23.6 Å². The lowest BCUT2D eigenvalue weighted by Gasteiger charge is -2.12. The quantitative estimate of drug-likeness (QED) is 0.433. The molecule has 3 rings (SSSR count). The number of halogens is 3. The van der Waals surface area contributed by atoms with Gasteiger partial charge in [-0.15, -0.1) is 0 Å². The number of rotatable bonds is 7. The zero-order valence-corrected chi connectivity index (χ0v) is 18.2. The molecule has 0 fully saturated rings. The maximum absolute atomic E-state index is 14.3. The maximum atomic E-state index is 14.3. The molecule has 30 heavy (non-hydrogen) atoms. The van der Waals surface area contributed by atoms with Crippen molar-refractivity contribution < 1.29 is 17.2 Å². The highest BCUT2D eigenvalue weighted by atomic mass is 35.5.